The van der Waals surface area contributed by atoms with Crippen LogP contribution >= 0.6 is 0 Å². The lowest BCUT2D eigenvalue weighted by molar-refractivity contribution is -0.134. The Hall–Kier alpha value is -4.46. The zero-order valence-corrected chi connectivity index (χ0v) is 24.5. The van der Waals surface area contributed by atoms with Crippen LogP contribution in [0.3, 0.4) is 0 Å². The van der Waals surface area contributed by atoms with Crippen LogP contribution in [0.15, 0.2) is 53.6 Å². The second-order valence-corrected chi connectivity index (χ2v) is 10.8. The second-order valence-electron chi connectivity index (χ2n) is 8.85. The maximum absolute atomic E-state index is 13.5. The summed E-state index contributed by atoms with van der Waals surface area (Å²) in [5.74, 6) is -0.931. The summed E-state index contributed by atoms with van der Waals surface area (Å²) in [5.41, 5.74) is 0.225. The molecule has 0 saturated carbocycles. The first-order valence-corrected chi connectivity index (χ1v) is 14.2. The molecule has 0 saturated heterocycles. The molecule has 0 radical (unpaired) electrons. The summed E-state index contributed by atoms with van der Waals surface area (Å²) >= 11 is 0. The number of para-hydroxylation sites is 1. The summed E-state index contributed by atoms with van der Waals surface area (Å²) in [6.45, 7) is 6.61. The lowest BCUT2D eigenvalue weighted by atomic mass is 10.2. The van der Waals surface area contributed by atoms with E-state index in [1.807, 2.05) is 18.7 Å². The van der Waals surface area contributed by atoms with E-state index in [9.17, 15) is 22.4 Å². The molecule has 0 aliphatic carbocycles. The number of hydrogen-bond acceptors (Lipinski definition) is 10. The largest absolute Gasteiger partial charge is 0.420 e. The van der Waals surface area contributed by atoms with Crippen LogP contribution in [0.1, 0.15) is 27.2 Å². The number of nitrogens with one attached hydrogen (secondary N) is 1. The Morgan fingerprint density at radius 1 is 0.976 bits per heavy atom. The number of esters is 1. The number of carbonyl (C=O) groups excluding carboxylic acids is 2. The van der Waals surface area contributed by atoms with E-state index >= 15 is 0 Å². The van der Waals surface area contributed by atoms with Crippen molar-refractivity contribution in [3.8, 4) is 11.5 Å². The minimum absolute atomic E-state index is 0.0395. The molecule has 1 aromatic heterocycles. The molecular weight excluding hydrogens is 555 g/mol. The van der Waals surface area contributed by atoms with Crippen LogP contribution in [-0.2, 0) is 14.8 Å². The molecule has 0 spiro atoms. The zero-order valence-electron chi connectivity index (χ0n) is 23.7. The molecule has 0 fully saturated rings. The van der Waals surface area contributed by atoms with E-state index < -0.39 is 27.9 Å². The Bertz CT molecular complexity index is 1500. The van der Waals surface area contributed by atoms with E-state index in [2.05, 4.69) is 15.3 Å². The van der Waals surface area contributed by atoms with E-state index in [1.165, 1.54) is 38.3 Å². The number of benzene rings is 2. The van der Waals surface area contributed by atoms with E-state index in [0.29, 0.717) is 19.0 Å². The number of aromatic nitrogens is 2. The summed E-state index contributed by atoms with van der Waals surface area (Å²) in [4.78, 5) is 36.5. The van der Waals surface area contributed by atoms with Crippen LogP contribution in [0.25, 0.3) is 0 Å². The van der Waals surface area contributed by atoms with Gasteiger partial charge in [0.25, 0.3) is 10.0 Å². The van der Waals surface area contributed by atoms with Gasteiger partial charge in [-0.15, -0.1) is 0 Å². The molecule has 0 atom stereocenters. The molecule has 2 aromatic carbocycles. The molecule has 1 N–H and O–H groups in total. The first kappa shape index (κ1) is 31.1. The third-order valence-electron chi connectivity index (χ3n) is 5.91. The number of sulfonamides is 1. The van der Waals surface area contributed by atoms with Gasteiger partial charge in [-0.1, -0.05) is 13.0 Å². The van der Waals surface area contributed by atoms with Crippen molar-refractivity contribution in [2.45, 2.75) is 32.1 Å². The van der Waals surface area contributed by atoms with Gasteiger partial charge in [-0.3, -0.25) is 9.10 Å². The molecule has 14 heteroatoms. The van der Waals surface area contributed by atoms with Crippen molar-refractivity contribution in [3.63, 3.8) is 0 Å². The predicted octanol–water partition coefficient (Wildman–Crippen LogP) is 4.41. The minimum Gasteiger partial charge on any atom is -0.420 e. The van der Waals surface area contributed by atoms with Gasteiger partial charge in [0, 0.05) is 40.7 Å². The molecule has 3 aromatic rings. The van der Waals surface area contributed by atoms with Crippen molar-refractivity contribution in [2.75, 3.05) is 48.8 Å². The van der Waals surface area contributed by atoms with Crippen molar-refractivity contribution in [1.29, 1.82) is 0 Å². The Labute approximate surface area is 238 Å². The highest BCUT2D eigenvalue weighted by Gasteiger charge is 2.27. The quantitative estimate of drug-likeness (QED) is 0.254. The van der Waals surface area contributed by atoms with Crippen LogP contribution in [0, 0.1) is 5.82 Å². The van der Waals surface area contributed by atoms with Crippen LogP contribution in [0.4, 0.5) is 32.3 Å². The van der Waals surface area contributed by atoms with Gasteiger partial charge < -0.3 is 24.6 Å². The minimum atomic E-state index is -4.16. The molecule has 0 bridgehead atoms. The van der Waals surface area contributed by atoms with E-state index in [1.54, 1.807) is 19.1 Å². The van der Waals surface area contributed by atoms with Gasteiger partial charge in [0.05, 0.1) is 16.8 Å². The number of anilines is 4. The van der Waals surface area contributed by atoms with E-state index in [-0.39, 0.29) is 40.0 Å². The van der Waals surface area contributed by atoms with Crippen molar-refractivity contribution < 1.29 is 31.9 Å². The Kier molecular flexibility index (Phi) is 10.1. The molecule has 41 heavy (non-hydrogen) atoms. The van der Waals surface area contributed by atoms with Gasteiger partial charge in [-0.25, -0.2) is 22.6 Å². The highest BCUT2D eigenvalue weighted by Crippen LogP contribution is 2.40. The first-order chi connectivity index (χ1) is 19.4. The lowest BCUT2D eigenvalue weighted by Gasteiger charge is -2.25. The Balaban J connectivity index is 2.17. The first-order valence-electron chi connectivity index (χ1n) is 12.8. The van der Waals surface area contributed by atoms with E-state index in [4.69, 9.17) is 9.47 Å². The van der Waals surface area contributed by atoms with Gasteiger partial charge in [-0.05, 0) is 50.2 Å². The molecule has 0 aliphatic heterocycles. The standard InChI is InChI=1S/C27H33FN6O6S/c1-7-23(35)40-24-20(11-10-12-22(24)39-27(36)32(4)5)30-25-21(17-29-26(31-25)34(8-2)9-3)33(6)41(37,38)19-15-13-18(28)14-16-19/h10-17H,7-9H2,1-6H3,(H,29,30,31). The van der Waals surface area contributed by atoms with Crippen LogP contribution in [-0.4, -0.2) is 69.6 Å². The number of hydrogen-bond donors (Lipinski definition) is 1. The number of halogens is 1. The lowest BCUT2D eigenvalue weighted by Crippen LogP contribution is -2.29. The predicted molar refractivity (Wildman–Crippen MR) is 153 cm³/mol. The summed E-state index contributed by atoms with van der Waals surface area (Å²) in [7, 11) is 0.154. The highest BCUT2D eigenvalue weighted by molar-refractivity contribution is 7.92. The van der Waals surface area contributed by atoms with Crippen molar-refractivity contribution in [3.05, 3.63) is 54.5 Å². The fourth-order valence-electron chi connectivity index (χ4n) is 3.54. The summed E-state index contributed by atoms with van der Waals surface area (Å²) in [6.07, 6.45) is 0.684. The summed E-state index contributed by atoms with van der Waals surface area (Å²) in [6, 6.07) is 8.99. The molecule has 0 unspecified atom stereocenters. The SMILES string of the molecule is CCC(=O)Oc1c(Nc2nc(N(CC)CC)ncc2N(C)S(=O)(=O)c2ccc(F)cc2)cccc1OC(=O)N(C)C. The third-order valence-corrected chi connectivity index (χ3v) is 7.70. The number of rotatable bonds is 11. The topological polar surface area (TPSA) is 134 Å². The van der Waals surface area contributed by atoms with Crippen LogP contribution in [0.5, 0.6) is 11.5 Å². The maximum atomic E-state index is 13.5. The number of amides is 1. The average Bonchev–Trinajstić information content (AvgIpc) is 2.95. The molecular formula is C27H33FN6O6S. The van der Waals surface area contributed by atoms with Gasteiger partial charge >= 0.3 is 12.1 Å². The Morgan fingerprint density at radius 2 is 1.63 bits per heavy atom. The molecule has 1 heterocycles. The van der Waals surface area contributed by atoms with Crippen molar-refractivity contribution in [1.82, 2.24) is 14.9 Å². The highest BCUT2D eigenvalue weighted by atomic mass is 32.2. The van der Waals surface area contributed by atoms with Crippen LogP contribution in [0.2, 0.25) is 0 Å². The maximum Gasteiger partial charge on any atom is 0.414 e. The second kappa shape index (κ2) is 13.3. The molecule has 3 rings (SSSR count). The zero-order chi connectivity index (χ0) is 30.3. The monoisotopic (exact) mass is 588 g/mol. The fourth-order valence-corrected chi connectivity index (χ4v) is 4.73. The summed E-state index contributed by atoms with van der Waals surface area (Å²) < 4.78 is 52.3. The Morgan fingerprint density at radius 3 is 2.22 bits per heavy atom. The number of ether oxygens (including phenoxy) is 2. The van der Waals surface area contributed by atoms with E-state index in [0.717, 1.165) is 28.6 Å². The average molecular weight is 589 g/mol. The van der Waals surface area contributed by atoms with Gasteiger partial charge in [0.2, 0.25) is 5.95 Å². The van der Waals surface area contributed by atoms with Gasteiger partial charge in [-0.2, -0.15) is 4.98 Å². The normalized spacial score (nSPS) is 11.0. The number of carbonyl (C=O) groups is 2. The molecule has 0 aliphatic rings. The van der Waals surface area contributed by atoms with Crippen molar-refractivity contribution >= 4 is 45.2 Å². The van der Waals surface area contributed by atoms with Gasteiger partial charge in [0.1, 0.15) is 11.5 Å². The van der Waals surface area contributed by atoms with Crippen LogP contribution < -0.4 is 24.0 Å². The molecule has 220 valence electrons. The molecule has 1 amide bonds. The number of nitrogens with zero attached hydrogens (tertiary/aromatic N) is 5. The molecule has 12 nitrogen and oxygen atoms in total. The third kappa shape index (κ3) is 7.20. The summed E-state index contributed by atoms with van der Waals surface area (Å²) in [5, 5.41) is 3.04. The fraction of sp³-hybridized carbons (Fsp3) is 0.333. The van der Waals surface area contributed by atoms with Crippen molar-refractivity contribution in [2.24, 2.45) is 0 Å². The van der Waals surface area contributed by atoms with Gasteiger partial charge in [0.15, 0.2) is 17.3 Å². The smallest absolute Gasteiger partial charge is 0.414 e.